The van der Waals surface area contributed by atoms with E-state index >= 15 is 0 Å². The summed E-state index contributed by atoms with van der Waals surface area (Å²) < 4.78 is 16.6. The van der Waals surface area contributed by atoms with E-state index in [1.54, 1.807) is 7.11 Å². The number of rotatable bonds is 5. The van der Waals surface area contributed by atoms with Crippen molar-refractivity contribution in [3.05, 3.63) is 35.9 Å². The maximum absolute atomic E-state index is 9.55. The lowest BCUT2D eigenvalue weighted by Gasteiger charge is -2.27. The van der Waals surface area contributed by atoms with Gasteiger partial charge in [0.25, 0.3) is 0 Å². The first kappa shape index (κ1) is 13.5. The number of hydrogen-bond acceptors (Lipinski definition) is 4. The standard InChI is InChI=1S/C14H20O4/c1-16-14(11-5-3-2-4-6-11)18-10-13-9-12(15)7-8-17-13/h2-6,12-15H,7-10H2,1H3/t12-,13+,14?/m1/s1. The van der Waals surface area contributed by atoms with Crippen molar-refractivity contribution in [3.63, 3.8) is 0 Å². The van der Waals surface area contributed by atoms with Gasteiger partial charge >= 0.3 is 0 Å². The van der Waals surface area contributed by atoms with Gasteiger partial charge in [0, 0.05) is 25.7 Å². The molecule has 100 valence electrons. The Morgan fingerprint density at radius 3 is 2.83 bits per heavy atom. The highest BCUT2D eigenvalue weighted by molar-refractivity contribution is 5.15. The van der Waals surface area contributed by atoms with Gasteiger partial charge in [-0.1, -0.05) is 30.3 Å². The van der Waals surface area contributed by atoms with Crippen molar-refractivity contribution in [2.75, 3.05) is 20.3 Å². The molecule has 1 unspecified atom stereocenters. The lowest BCUT2D eigenvalue weighted by molar-refractivity contribution is -0.164. The molecule has 1 saturated heterocycles. The predicted octanol–water partition coefficient (Wildman–Crippen LogP) is 1.89. The normalized spacial score (nSPS) is 25.9. The third-order valence-electron chi connectivity index (χ3n) is 3.06. The summed E-state index contributed by atoms with van der Waals surface area (Å²) in [5.74, 6) is 0. The average Bonchev–Trinajstić information content (AvgIpc) is 2.41. The topological polar surface area (TPSA) is 47.9 Å². The minimum absolute atomic E-state index is 0.0462. The maximum Gasteiger partial charge on any atom is 0.183 e. The monoisotopic (exact) mass is 252 g/mol. The summed E-state index contributed by atoms with van der Waals surface area (Å²) in [6, 6.07) is 9.78. The highest BCUT2D eigenvalue weighted by Crippen LogP contribution is 2.20. The zero-order chi connectivity index (χ0) is 12.8. The van der Waals surface area contributed by atoms with Crippen molar-refractivity contribution in [3.8, 4) is 0 Å². The molecule has 0 aliphatic carbocycles. The van der Waals surface area contributed by atoms with Crippen molar-refractivity contribution in [1.29, 1.82) is 0 Å². The molecule has 0 aromatic heterocycles. The van der Waals surface area contributed by atoms with Gasteiger partial charge < -0.3 is 19.3 Å². The molecule has 0 radical (unpaired) electrons. The van der Waals surface area contributed by atoms with E-state index in [0.29, 0.717) is 26.1 Å². The second-order valence-electron chi connectivity index (χ2n) is 4.48. The van der Waals surface area contributed by atoms with Gasteiger partial charge in [-0.2, -0.15) is 0 Å². The molecular weight excluding hydrogens is 232 g/mol. The molecule has 0 bridgehead atoms. The molecule has 1 fully saturated rings. The zero-order valence-electron chi connectivity index (χ0n) is 10.6. The Hall–Kier alpha value is -0.940. The van der Waals surface area contributed by atoms with E-state index in [9.17, 15) is 5.11 Å². The Bertz CT molecular complexity index is 341. The first-order valence-electron chi connectivity index (χ1n) is 6.28. The van der Waals surface area contributed by atoms with Crippen LogP contribution in [0.25, 0.3) is 0 Å². The second-order valence-corrected chi connectivity index (χ2v) is 4.48. The molecule has 1 heterocycles. The van der Waals surface area contributed by atoms with Crippen LogP contribution in [0.2, 0.25) is 0 Å². The van der Waals surface area contributed by atoms with Gasteiger partial charge in [0.2, 0.25) is 0 Å². The minimum Gasteiger partial charge on any atom is -0.393 e. The second kappa shape index (κ2) is 6.85. The Morgan fingerprint density at radius 2 is 2.17 bits per heavy atom. The van der Waals surface area contributed by atoms with Crippen LogP contribution >= 0.6 is 0 Å². The first-order valence-corrected chi connectivity index (χ1v) is 6.28. The van der Waals surface area contributed by atoms with E-state index in [-0.39, 0.29) is 18.5 Å². The molecule has 1 aromatic carbocycles. The van der Waals surface area contributed by atoms with Crippen LogP contribution in [0, 0.1) is 0 Å². The van der Waals surface area contributed by atoms with Gasteiger partial charge in [0.1, 0.15) is 0 Å². The Morgan fingerprint density at radius 1 is 1.39 bits per heavy atom. The molecule has 4 heteroatoms. The lowest BCUT2D eigenvalue weighted by Crippen LogP contribution is -2.32. The summed E-state index contributed by atoms with van der Waals surface area (Å²) in [6.45, 7) is 1.03. The highest BCUT2D eigenvalue weighted by Gasteiger charge is 2.22. The Labute approximate surface area is 107 Å². The van der Waals surface area contributed by atoms with Gasteiger partial charge in [-0.15, -0.1) is 0 Å². The summed E-state index contributed by atoms with van der Waals surface area (Å²) >= 11 is 0. The van der Waals surface area contributed by atoms with E-state index in [2.05, 4.69) is 0 Å². The largest absolute Gasteiger partial charge is 0.393 e. The van der Waals surface area contributed by atoms with E-state index < -0.39 is 0 Å². The summed E-state index contributed by atoms with van der Waals surface area (Å²) in [5, 5.41) is 9.55. The van der Waals surface area contributed by atoms with E-state index in [1.165, 1.54) is 0 Å². The molecule has 0 amide bonds. The van der Waals surface area contributed by atoms with Gasteiger partial charge in [0.05, 0.1) is 18.8 Å². The van der Waals surface area contributed by atoms with Crippen LogP contribution in [-0.2, 0) is 14.2 Å². The minimum atomic E-state index is -0.381. The molecule has 0 spiro atoms. The van der Waals surface area contributed by atoms with Gasteiger partial charge in [-0.3, -0.25) is 0 Å². The van der Waals surface area contributed by atoms with Gasteiger partial charge in [0.15, 0.2) is 6.29 Å². The summed E-state index contributed by atoms with van der Waals surface area (Å²) in [5.41, 5.74) is 0.983. The molecule has 1 aliphatic rings. The Kier molecular flexibility index (Phi) is 5.13. The lowest BCUT2D eigenvalue weighted by atomic mass is 10.1. The molecular formula is C14H20O4. The number of benzene rings is 1. The number of methoxy groups -OCH3 is 1. The fourth-order valence-electron chi connectivity index (χ4n) is 2.08. The first-order chi connectivity index (χ1) is 8.79. The van der Waals surface area contributed by atoms with E-state index in [0.717, 1.165) is 5.56 Å². The van der Waals surface area contributed by atoms with Crippen LogP contribution in [0.3, 0.4) is 0 Å². The quantitative estimate of drug-likeness (QED) is 0.813. The molecule has 1 aliphatic heterocycles. The molecule has 1 aromatic rings. The number of aliphatic hydroxyl groups is 1. The molecule has 2 rings (SSSR count). The van der Waals surface area contributed by atoms with E-state index in [4.69, 9.17) is 14.2 Å². The fourth-order valence-corrected chi connectivity index (χ4v) is 2.08. The summed E-state index contributed by atoms with van der Waals surface area (Å²) in [4.78, 5) is 0. The molecule has 18 heavy (non-hydrogen) atoms. The van der Waals surface area contributed by atoms with Crippen molar-refractivity contribution < 1.29 is 19.3 Å². The third kappa shape index (κ3) is 3.78. The van der Waals surface area contributed by atoms with Crippen molar-refractivity contribution in [2.24, 2.45) is 0 Å². The predicted molar refractivity (Wildman–Crippen MR) is 67.1 cm³/mol. The average molecular weight is 252 g/mol. The number of ether oxygens (including phenoxy) is 3. The van der Waals surface area contributed by atoms with Crippen molar-refractivity contribution in [2.45, 2.75) is 31.3 Å². The van der Waals surface area contributed by atoms with Crippen LogP contribution in [0.5, 0.6) is 0 Å². The highest BCUT2D eigenvalue weighted by atomic mass is 16.7. The summed E-state index contributed by atoms with van der Waals surface area (Å²) in [7, 11) is 1.62. The Balaban J connectivity index is 1.84. The molecule has 3 atom stereocenters. The van der Waals surface area contributed by atoms with Crippen LogP contribution in [-0.4, -0.2) is 37.6 Å². The van der Waals surface area contributed by atoms with Crippen molar-refractivity contribution >= 4 is 0 Å². The van der Waals surface area contributed by atoms with Gasteiger partial charge in [-0.05, 0) is 6.42 Å². The van der Waals surface area contributed by atoms with Crippen LogP contribution in [0.15, 0.2) is 30.3 Å². The summed E-state index contributed by atoms with van der Waals surface area (Å²) in [6.07, 6.45) is 0.641. The zero-order valence-corrected chi connectivity index (χ0v) is 10.6. The molecule has 4 nitrogen and oxygen atoms in total. The van der Waals surface area contributed by atoms with Crippen LogP contribution < -0.4 is 0 Å². The van der Waals surface area contributed by atoms with Crippen LogP contribution in [0.1, 0.15) is 24.7 Å². The maximum atomic E-state index is 9.55. The number of hydrogen-bond donors (Lipinski definition) is 1. The molecule has 0 saturated carbocycles. The van der Waals surface area contributed by atoms with Gasteiger partial charge in [-0.25, -0.2) is 0 Å². The van der Waals surface area contributed by atoms with Crippen molar-refractivity contribution in [1.82, 2.24) is 0 Å². The fraction of sp³-hybridized carbons (Fsp3) is 0.571. The smallest absolute Gasteiger partial charge is 0.183 e. The SMILES string of the molecule is COC(OC[C@@H]1C[C@H](O)CCO1)c1ccccc1. The van der Waals surface area contributed by atoms with Crippen LogP contribution in [0.4, 0.5) is 0 Å². The van der Waals surface area contributed by atoms with E-state index in [1.807, 2.05) is 30.3 Å². The number of aliphatic hydroxyl groups excluding tert-OH is 1. The third-order valence-corrected chi connectivity index (χ3v) is 3.06. The molecule has 1 N–H and O–H groups in total.